The molecule has 9 nitrogen and oxygen atoms in total. The van der Waals surface area contributed by atoms with E-state index in [0.29, 0.717) is 16.5 Å². The van der Waals surface area contributed by atoms with Gasteiger partial charge < -0.3 is 10.2 Å². The van der Waals surface area contributed by atoms with Gasteiger partial charge in [-0.1, -0.05) is 59.6 Å². The monoisotopic (exact) mass is 644 g/mol. The van der Waals surface area contributed by atoms with E-state index in [9.17, 15) is 33.5 Å². The maximum absolute atomic E-state index is 14.6. The zero-order valence-electron chi connectivity index (χ0n) is 24.8. The van der Waals surface area contributed by atoms with Crippen LogP contribution in [-0.4, -0.2) is 51.3 Å². The van der Waals surface area contributed by atoms with Crippen molar-refractivity contribution in [3.8, 4) is 5.75 Å². The Morgan fingerprint density at radius 3 is 2.52 bits per heavy atom. The van der Waals surface area contributed by atoms with Crippen LogP contribution in [0.5, 0.6) is 5.75 Å². The Morgan fingerprint density at radius 2 is 1.78 bits per heavy atom. The van der Waals surface area contributed by atoms with Gasteiger partial charge in [-0.25, -0.2) is 9.29 Å². The van der Waals surface area contributed by atoms with Gasteiger partial charge in [-0.05, 0) is 55.7 Å². The minimum atomic E-state index is -1.40. The summed E-state index contributed by atoms with van der Waals surface area (Å²) in [4.78, 5) is 69.5. The van der Waals surface area contributed by atoms with Gasteiger partial charge in [-0.15, -0.1) is 0 Å². The summed E-state index contributed by atoms with van der Waals surface area (Å²) in [6, 6.07) is 14.5. The SMILES string of the molecule is C[C@@]12C(=O)N(c3ccc(F)c(Cl)c3)C(=O)[C@@H]1C[C@@H]1C(=CC[C@@H]3C(=O)N(CCCC(=O)O)C(=O)[C@@H]31)[C@@H]2c1ccc2ccccc2c1O. The number of carboxylic acid groups (broad SMARTS) is 1. The number of hydrogen-bond acceptors (Lipinski definition) is 6. The molecule has 2 aliphatic carbocycles. The van der Waals surface area contributed by atoms with Crippen molar-refractivity contribution in [3.05, 3.63) is 82.6 Å². The van der Waals surface area contributed by atoms with Crippen molar-refractivity contribution in [3.63, 3.8) is 0 Å². The second-order valence-corrected chi connectivity index (χ2v) is 13.2. The highest BCUT2D eigenvalue weighted by Gasteiger charge is 2.67. The average Bonchev–Trinajstić information content (AvgIpc) is 3.38. The first-order valence-corrected chi connectivity index (χ1v) is 15.6. The summed E-state index contributed by atoms with van der Waals surface area (Å²) in [5, 5.41) is 21.9. The summed E-state index contributed by atoms with van der Waals surface area (Å²) >= 11 is 6.06. The molecule has 236 valence electrons. The molecule has 0 radical (unpaired) electrons. The highest BCUT2D eigenvalue weighted by Crippen LogP contribution is 2.64. The van der Waals surface area contributed by atoms with Crippen LogP contribution in [0.4, 0.5) is 10.1 Å². The van der Waals surface area contributed by atoms with E-state index < -0.39 is 64.5 Å². The number of anilines is 1. The van der Waals surface area contributed by atoms with Crippen LogP contribution in [0.25, 0.3) is 10.8 Å². The van der Waals surface area contributed by atoms with E-state index in [1.165, 1.54) is 12.1 Å². The van der Waals surface area contributed by atoms with Crippen LogP contribution >= 0.6 is 11.6 Å². The molecule has 2 aliphatic heterocycles. The number of benzene rings is 3. The number of amides is 4. The van der Waals surface area contributed by atoms with Gasteiger partial charge in [0.25, 0.3) is 0 Å². The second-order valence-electron chi connectivity index (χ2n) is 12.8. The first kappa shape index (κ1) is 30.1. The first-order chi connectivity index (χ1) is 21.9. The molecule has 3 fully saturated rings. The molecule has 6 atom stereocenters. The Morgan fingerprint density at radius 1 is 1.02 bits per heavy atom. The number of carboxylic acids is 1. The molecule has 2 saturated heterocycles. The third-order valence-electron chi connectivity index (χ3n) is 10.5. The highest BCUT2D eigenvalue weighted by atomic mass is 35.5. The maximum atomic E-state index is 14.6. The zero-order valence-corrected chi connectivity index (χ0v) is 25.5. The van der Waals surface area contributed by atoms with Crippen molar-refractivity contribution >= 4 is 57.7 Å². The van der Waals surface area contributed by atoms with Crippen molar-refractivity contribution < 1.29 is 38.6 Å². The molecular formula is C35H30ClFN2O7. The number of nitrogens with zero attached hydrogens (tertiary/aromatic N) is 2. The Balaban J connectivity index is 1.37. The summed E-state index contributed by atoms with van der Waals surface area (Å²) in [6.45, 7) is 1.68. The number of rotatable bonds is 6. The molecule has 11 heteroatoms. The highest BCUT2D eigenvalue weighted by molar-refractivity contribution is 6.31. The lowest BCUT2D eigenvalue weighted by Crippen LogP contribution is -2.48. The lowest BCUT2D eigenvalue weighted by atomic mass is 9.51. The van der Waals surface area contributed by atoms with Gasteiger partial charge in [0.2, 0.25) is 23.6 Å². The number of allylic oxidation sites excluding steroid dienone is 2. The van der Waals surface area contributed by atoms with Gasteiger partial charge in [0.1, 0.15) is 11.6 Å². The van der Waals surface area contributed by atoms with E-state index in [1.54, 1.807) is 25.1 Å². The molecule has 3 aromatic rings. The molecule has 46 heavy (non-hydrogen) atoms. The minimum absolute atomic E-state index is 0.0222. The average molecular weight is 645 g/mol. The van der Waals surface area contributed by atoms with Crippen LogP contribution < -0.4 is 4.90 Å². The van der Waals surface area contributed by atoms with Gasteiger partial charge >= 0.3 is 5.97 Å². The summed E-state index contributed by atoms with van der Waals surface area (Å²) in [5.74, 6) is -7.47. The van der Waals surface area contributed by atoms with Crippen LogP contribution in [0.3, 0.4) is 0 Å². The fourth-order valence-corrected chi connectivity index (χ4v) is 8.58. The third kappa shape index (κ3) is 4.22. The number of hydrogen-bond donors (Lipinski definition) is 2. The topological polar surface area (TPSA) is 132 Å². The summed E-state index contributed by atoms with van der Waals surface area (Å²) in [6.07, 6.45) is 2.14. The van der Waals surface area contributed by atoms with E-state index >= 15 is 0 Å². The normalized spacial score (nSPS) is 28.8. The molecule has 7 rings (SSSR count). The Labute approximate surface area is 268 Å². The summed E-state index contributed by atoms with van der Waals surface area (Å²) in [5.41, 5.74) is -0.153. The van der Waals surface area contributed by atoms with Gasteiger partial charge in [-0.3, -0.25) is 28.9 Å². The number of phenols is 1. The number of aliphatic carboxylic acids is 1. The number of fused-ring (bicyclic) bond motifs is 5. The van der Waals surface area contributed by atoms with Crippen LogP contribution in [-0.2, 0) is 24.0 Å². The van der Waals surface area contributed by atoms with E-state index in [4.69, 9.17) is 16.7 Å². The van der Waals surface area contributed by atoms with Crippen molar-refractivity contribution in [2.45, 2.75) is 38.5 Å². The molecule has 1 saturated carbocycles. The Bertz CT molecular complexity index is 1910. The summed E-state index contributed by atoms with van der Waals surface area (Å²) < 4.78 is 14.1. The molecule has 4 amide bonds. The predicted octanol–water partition coefficient (Wildman–Crippen LogP) is 5.43. The van der Waals surface area contributed by atoms with E-state index in [1.807, 2.05) is 24.3 Å². The standard InChI is InChI=1S/C35H30ClFN2O7/c1-35-24(32(44)39(34(35)46)18-9-13-26(37)25(36)15-18)16-23-20(29(35)22-10-8-17-5-2-3-6-19(17)30(22)42)11-12-21-28(23)33(45)38(31(21)43)14-4-7-27(40)41/h2-3,5-6,8-11,13,15,21,23-24,28-29,42H,4,7,12,14,16H2,1H3,(H,40,41)/t21-,23+,24-,28-,29+,35+/m0/s1. The number of likely N-dealkylation sites (tertiary alicyclic amines) is 1. The lowest BCUT2D eigenvalue weighted by molar-refractivity contribution is -0.142. The molecule has 2 heterocycles. The van der Waals surface area contributed by atoms with Crippen LogP contribution in [0.2, 0.25) is 5.02 Å². The molecule has 0 bridgehead atoms. The van der Waals surface area contributed by atoms with Gasteiger partial charge in [0.05, 0.1) is 33.9 Å². The number of imide groups is 2. The number of carbonyl (C=O) groups is 5. The first-order valence-electron chi connectivity index (χ1n) is 15.3. The lowest BCUT2D eigenvalue weighted by Gasteiger charge is -2.49. The molecule has 2 N–H and O–H groups in total. The van der Waals surface area contributed by atoms with Crippen LogP contribution in [0.1, 0.15) is 44.1 Å². The fraction of sp³-hybridized carbons (Fsp3) is 0.343. The maximum Gasteiger partial charge on any atom is 0.303 e. The van der Waals surface area contributed by atoms with E-state index in [0.717, 1.165) is 21.3 Å². The predicted molar refractivity (Wildman–Crippen MR) is 165 cm³/mol. The van der Waals surface area contributed by atoms with Crippen molar-refractivity contribution in [1.82, 2.24) is 4.90 Å². The number of aromatic hydroxyl groups is 1. The van der Waals surface area contributed by atoms with Crippen molar-refractivity contribution in [1.29, 1.82) is 0 Å². The second kappa shape index (κ2) is 10.8. The molecule has 4 aliphatic rings. The molecule has 0 spiro atoms. The van der Waals surface area contributed by atoms with Gasteiger partial charge in [-0.2, -0.15) is 0 Å². The number of phenolic OH excluding ortho intramolecular Hbond substituents is 1. The van der Waals surface area contributed by atoms with Crippen molar-refractivity contribution in [2.24, 2.45) is 29.1 Å². The molecule has 3 aromatic carbocycles. The Hall–Kier alpha value is -4.57. The molecule has 0 aromatic heterocycles. The van der Waals surface area contributed by atoms with E-state index in [-0.39, 0.29) is 54.6 Å². The molecular weight excluding hydrogens is 615 g/mol. The summed E-state index contributed by atoms with van der Waals surface area (Å²) in [7, 11) is 0. The van der Waals surface area contributed by atoms with Gasteiger partial charge in [0.15, 0.2) is 0 Å². The minimum Gasteiger partial charge on any atom is -0.507 e. The fourth-order valence-electron chi connectivity index (χ4n) is 8.41. The zero-order chi connectivity index (χ0) is 32.7. The van der Waals surface area contributed by atoms with Crippen LogP contribution in [0, 0.1) is 34.9 Å². The van der Waals surface area contributed by atoms with Gasteiger partial charge in [0, 0.05) is 29.8 Å². The van der Waals surface area contributed by atoms with E-state index in [2.05, 4.69) is 0 Å². The largest absolute Gasteiger partial charge is 0.507 e. The molecule has 0 unspecified atom stereocenters. The van der Waals surface area contributed by atoms with Crippen LogP contribution in [0.15, 0.2) is 66.2 Å². The Kier molecular flexibility index (Phi) is 7.04. The van der Waals surface area contributed by atoms with Crippen molar-refractivity contribution in [2.75, 3.05) is 11.4 Å². The smallest absolute Gasteiger partial charge is 0.303 e. The third-order valence-corrected chi connectivity index (χ3v) is 10.8. The number of carbonyl (C=O) groups excluding carboxylic acids is 4. The number of halogens is 2. The quantitative estimate of drug-likeness (QED) is 0.270.